The van der Waals surface area contributed by atoms with Crippen molar-refractivity contribution >= 4 is 5.91 Å². The number of carbonyl (C=O) groups is 1. The zero-order valence-corrected chi connectivity index (χ0v) is 11.1. The Morgan fingerprint density at radius 2 is 1.89 bits per heavy atom. The summed E-state index contributed by atoms with van der Waals surface area (Å²) in [7, 11) is 0. The summed E-state index contributed by atoms with van der Waals surface area (Å²) in [5.41, 5.74) is 4.19. The van der Waals surface area contributed by atoms with Crippen molar-refractivity contribution in [1.29, 1.82) is 0 Å². The van der Waals surface area contributed by atoms with Crippen molar-refractivity contribution in [3.05, 3.63) is 35.4 Å². The van der Waals surface area contributed by atoms with Crippen LogP contribution in [-0.2, 0) is 22.6 Å². The van der Waals surface area contributed by atoms with Crippen molar-refractivity contribution in [2.75, 3.05) is 6.61 Å². The number of amides is 1. The van der Waals surface area contributed by atoms with Gasteiger partial charge >= 0.3 is 0 Å². The van der Waals surface area contributed by atoms with Gasteiger partial charge in [-0.25, -0.2) is 5.84 Å². The largest absolute Gasteiger partial charge is 0.377 e. The molecule has 4 nitrogen and oxygen atoms in total. The van der Waals surface area contributed by atoms with E-state index >= 15 is 0 Å². The Bertz CT molecular complexity index is 361. The van der Waals surface area contributed by atoms with Crippen molar-refractivity contribution in [3.63, 3.8) is 0 Å². The summed E-state index contributed by atoms with van der Waals surface area (Å²) in [5.74, 6) is 5.52. The summed E-state index contributed by atoms with van der Waals surface area (Å²) in [5, 5.41) is 0. The lowest BCUT2D eigenvalue weighted by Gasteiger charge is -2.07. The molecule has 0 aliphatic carbocycles. The normalized spacial score (nSPS) is 10.7. The molecule has 0 spiro atoms. The minimum atomic E-state index is -0.184. The summed E-state index contributed by atoms with van der Waals surface area (Å²) >= 11 is 0. The van der Waals surface area contributed by atoms with E-state index < -0.39 is 0 Å². The molecule has 1 rings (SSSR count). The number of nitrogens with one attached hydrogen (secondary N) is 1. The van der Waals surface area contributed by atoms with Gasteiger partial charge in [-0.15, -0.1) is 0 Å². The molecule has 0 saturated carbocycles. The molecule has 18 heavy (non-hydrogen) atoms. The minimum absolute atomic E-state index is 0.184. The van der Waals surface area contributed by atoms with Crippen molar-refractivity contribution in [2.24, 2.45) is 11.8 Å². The molecule has 0 fully saturated rings. The molecule has 0 bridgehead atoms. The predicted octanol–water partition coefficient (Wildman–Crippen LogP) is 1.78. The summed E-state index contributed by atoms with van der Waals surface area (Å²) in [6.45, 7) is 5.77. The number of carbonyl (C=O) groups excluding carboxylic acids is 1. The molecule has 3 N–H and O–H groups in total. The Balaban J connectivity index is 2.33. The zero-order chi connectivity index (χ0) is 13.4. The fourth-order valence-electron chi connectivity index (χ4n) is 1.50. The lowest BCUT2D eigenvalue weighted by atomic mass is 10.1. The number of ether oxygens (including phenoxy) is 1. The molecule has 0 aliphatic heterocycles. The third-order valence-electron chi connectivity index (χ3n) is 2.66. The second-order valence-electron chi connectivity index (χ2n) is 4.80. The first-order chi connectivity index (χ1) is 8.61. The lowest BCUT2D eigenvalue weighted by molar-refractivity contribution is -0.120. The Hall–Kier alpha value is -1.39. The van der Waals surface area contributed by atoms with E-state index in [9.17, 15) is 4.79 Å². The Morgan fingerprint density at radius 1 is 1.28 bits per heavy atom. The molecular formula is C14H22N2O2. The average molecular weight is 250 g/mol. The number of nitrogens with two attached hydrogens (primary N) is 1. The molecule has 0 atom stereocenters. The SMILES string of the molecule is CC(C)CCOCc1ccc(CC(=O)NN)cc1. The molecule has 1 amide bonds. The van der Waals surface area contributed by atoms with Crippen LogP contribution in [0.15, 0.2) is 24.3 Å². The van der Waals surface area contributed by atoms with Gasteiger partial charge in [0.05, 0.1) is 13.0 Å². The quantitative estimate of drug-likeness (QED) is 0.335. The number of benzene rings is 1. The van der Waals surface area contributed by atoms with Gasteiger partial charge < -0.3 is 4.74 Å². The highest BCUT2D eigenvalue weighted by atomic mass is 16.5. The molecule has 100 valence electrons. The van der Waals surface area contributed by atoms with Crippen LogP contribution in [0.4, 0.5) is 0 Å². The Labute approximate surface area is 108 Å². The lowest BCUT2D eigenvalue weighted by Crippen LogP contribution is -2.31. The van der Waals surface area contributed by atoms with E-state index in [0.717, 1.165) is 24.2 Å². The van der Waals surface area contributed by atoms with E-state index in [1.165, 1.54) is 0 Å². The van der Waals surface area contributed by atoms with E-state index in [2.05, 4.69) is 19.3 Å². The maximum Gasteiger partial charge on any atom is 0.238 e. The molecule has 4 heteroatoms. The van der Waals surface area contributed by atoms with Gasteiger partial charge in [-0.3, -0.25) is 10.2 Å². The molecule has 0 aromatic heterocycles. The highest BCUT2D eigenvalue weighted by Gasteiger charge is 2.01. The molecular weight excluding hydrogens is 228 g/mol. The van der Waals surface area contributed by atoms with Gasteiger partial charge in [0.15, 0.2) is 0 Å². The zero-order valence-electron chi connectivity index (χ0n) is 11.1. The Morgan fingerprint density at radius 3 is 2.44 bits per heavy atom. The number of hydrogen-bond donors (Lipinski definition) is 2. The third-order valence-corrected chi connectivity index (χ3v) is 2.66. The standard InChI is InChI=1S/C14H22N2O2/c1-11(2)7-8-18-10-13-5-3-12(4-6-13)9-14(17)16-15/h3-6,11H,7-10,15H2,1-2H3,(H,16,17). The summed E-state index contributed by atoms with van der Waals surface area (Å²) in [4.78, 5) is 11.1. The molecule has 0 saturated heterocycles. The molecule has 1 aromatic rings. The molecule has 0 aliphatic rings. The van der Waals surface area contributed by atoms with Crippen LogP contribution >= 0.6 is 0 Å². The highest BCUT2D eigenvalue weighted by molar-refractivity contribution is 5.77. The number of hydrogen-bond acceptors (Lipinski definition) is 3. The van der Waals surface area contributed by atoms with E-state index in [-0.39, 0.29) is 5.91 Å². The third kappa shape index (κ3) is 5.80. The van der Waals surface area contributed by atoms with Gasteiger partial charge in [0.25, 0.3) is 0 Å². The smallest absolute Gasteiger partial charge is 0.238 e. The van der Waals surface area contributed by atoms with Gasteiger partial charge in [0.1, 0.15) is 0 Å². The molecule has 0 heterocycles. The summed E-state index contributed by atoms with van der Waals surface area (Å²) < 4.78 is 5.57. The predicted molar refractivity (Wildman–Crippen MR) is 71.6 cm³/mol. The van der Waals surface area contributed by atoms with E-state index in [0.29, 0.717) is 18.9 Å². The molecule has 1 aromatic carbocycles. The van der Waals surface area contributed by atoms with Crippen molar-refractivity contribution in [3.8, 4) is 0 Å². The highest BCUT2D eigenvalue weighted by Crippen LogP contribution is 2.07. The van der Waals surface area contributed by atoms with Crippen LogP contribution in [0.5, 0.6) is 0 Å². The second-order valence-corrected chi connectivity index (χ2v) is 4.80. The minimum Gasteiger partial charge on any atom is -0.377 e. The van der Waals surface area contributed by atoms with Crippen LogP contribution < -0.4 is 11.3 Å². The van der Waals surface area contributed by atoms with Crippen LogP contribution in [0.2, 0.25) is 0 Å². The molecule has 0 radical (unpaired) electrons. The first kappa shape index (κ1) is 14.7. The number of rotatable bonds is 7. The summed E-state index contributed by atoms with van der Waals surface area (Å²) in [6, 6.07) is 7.82. The van der Waals surface area contributed by atoms with Gasteiger partial charge in [-0.1, -0.05) is 38.1 Å². The van der Waals surface area contributed by atoms with Crippen LogP contribution in [0.25, 0.3) is 0 Å². The monoisotopic (exact) mass is 250 g/mol. The first-order valence-electron chi connectivity index (χ1n) is 6.27. The second kappa shape index (κ2) is 7.84. The van der Waals surface area contributed by atoms with Gasteiger partial charge in [-0.05, 0) is 23.5 Å². The molecule has 0 unspecified atom stereocenters. The topological polar surface area (TPSA) is 64.3 Å². The van der Waals surface area contributed by atoms with Crippen molar-refractivity contribution < 1.29 is 9.53 Å². The van der Waals surface area contributed by atoms with E-state index in [4.69, 9.17) is 10.6 Å². The van der Waals surface area contributed by atoms with Crippen molar-refractivity contribution in [2.45, 2.75) is 33.3 Å². The number of hydrazine groups is 1. The van der Waals surface area contributed by atoms with Crippen LogP contribution in [0.1, 0.15) is 31.4 Å². The van der Waals surface area contributed by atoms with E-state index in [1.807, 2.05) is 24.3 Å². The first-order valence-corrected chi connectivity index (χ1v) is 6.27. The van der Waals surface area contributed by atoms with Crippen LogP contribution in [0, 0.1) is 5.92 Å². The van der Waals surface area contributed by atoms with E-state index in [1.54, 1.807) is 0 Å². The average Bonchev–Trinajstić information content (AvgIpc) is 2.36. The fraction of sp³-hybridized carbons (Fsp3) is 0.500. The van der Waals surface area contributed by atoms with Gasteiger partial charge in [0.2, 0.25) is 5.91 Å². The Kier molecular flexibility index (Phi) is 6.39. The maximum atomic E-state index is 11.1. The maximum absolute atomic E-state index is 11.1. The van der Waals surface area contributed by atoms with Crippen molar-refractivity contribution in [1.82, 2.24) is 5.43 Å². The summed E-state index contributed by atoms with van der Waals surface area (Å²) in [6.07, 6.45) is 1.39. The van der Waals surface area contributed by atoms with Crippen LogP contribution in [-0.4, -0.2) is 12.5 Å². The van der Waals surface area contributed by atoms with Crippen LogP contribution in [0.3, 0.4) is 0 Å². The fourth-order valence-corrected chi connectivity index (χ4v) is 1.50. The van der Waals surface area contributed by atoms with Gasteiger partial charge in [0, 0.05) is 6.61 Å². The van der Waals surface area contributed by atoms with Gasteiger partial charge in [-0.2, -0.15) is 0 Å².